The molecule has 0 spiro atoms. The molecule has 2 atom stereocenters. The molecule has 1 heterocycles. The van der Waals surface area contributed by atoms with E-state index in [0.29, 0.717) is 24.2 Å². The summed E-state index contributed by atoms with van der Waals surface area (Å²) in [6, 6.07) is 4.75. The molecule has 1 amide bonds. The molecular formula is C25H37FN2O5. The number of aldehydes is 1. The average molecular weight is 465 g/mol. The van der Waals surface area contributed by atoms with E-state index in [0.717, 1.165) is 45.1 Å². The highest BCUT2D eigenvalue weighted by molar-refractivity contribution is 5.68. The van der Waals surface area contributed by atoms with Gasteiger partial charge in [0.25, 0.3) is 0 Å². The number of hydrogen-bond acceptors (Lipinski definition) is 6. The Morgan fingerprint density at radius 3 is 2.67 bits per heavy atom. The predicted octanol–water partition coefficient (Wildman–Crippen LogP) is 4.09. The minimum Gasteiger partial charge on any atom is -0.486 e. The van der Waals surface area contributed by atoms with Crippen LogP contribution >= 0.6 is 0 Å². The number of alkyl carbamates (subject to hydrolysis) is 1. The SMILES string of the molecule is CC(C)(C)OC(=O)NC1CCCNC1COC1CCC(c2c(F)cccc2OCC=O)CC1. The molecule has 3 rings (SSSR count). The monoisotopic (exact) mass is 464 g/mol. The molecule has 1 aliphatic carbocycles. The van der Waals surface area contributed by atoms with Gasteiger partial charge in [-0.3, -0.25) is 4.79 Å². The van der Waals surface area contributed by atoms with Crippen LogP contribution in [0.3, 0.4) is 0 Å². The number of nitrogens with one attached hydrogen (secondary N) is 2. The van der Waals surface area contributed by atoms with Crippen LogP contribution in [-0.4, -0.2) is 55.9 Å². The van der Waals surface area contributed by atoms with Gasteiger partial charge in [0.15, 0.2) is 6.29 Å². The Morgan fingerprint density at radius 1 is 1.21 bits per heavy atom. The molecule has 1 aromatic carbocycles. The third-order valence-corrected chi connectivity index (χ3v) is 6.20. The normalized spacial score (nSPS) is 25.8. The summed E-state index contributed by atoms with van der Waals surface area (Å²) in [6.07, 6.45) is 5.46. The Balaban J connectivity index is 1.50. The van der Waals surface area contributed by atoms with E-state index in [1.165, 1.54) is 6.07 Å². The summed E-state index contributed by atoms with van der Waals surface area (Å²) >= 11 is 0. The lowest BCUT2D eigenvalue weighted by Gasteiger charge is -2.36. The summed E-state index contributed by atoms with van der Waals surface area (Å²) < 4.78 is 31.6. The summed E-state index contributed by atoms with van der Waals surface area (Å²) in [4.78, 5) is 22.9. The van der Waals surface area contributed by atoms with E-state index in [2.05, 4.69) is 10.6 Å². The van der Waals surface area contributed by atoms with E-state index in [-0.39, 0.29) is 36.5 Å². The van der Waals surface area contributed by atoms with Crippen LogP contribution in [-0.2, 0) is 14.3 Å². The lowest BCUT2D eigenvalue weighted by atomic mass is 9.82. The fraction of sp³-hybridized carbons (Fsp3) is 0.680. The molecule has 0 radical (unpaired) electrons. The summed E-state index contributed by atoms with van der Waals surface area (Å²) in [5, 5.41) is 6.44. The van der Waals surface area contributed by atoms with Gasteiger partial charge in [0.2, 0.25) is 0 Å². The molecule has 1 saturated heterocycles. The van der Waals surface area contributed by atoms with Crippen LogP contribution in [0.5, 0.6) is 5.75 Å². The van der Waals surface area contributed by atoms with Crippen LogP contribution in [0, 0.1) is 5.82 Å². The highest BCUT2D eigenvalue weighted by Gasteiger charge is 2.31. The van der Waals surface area contributed by atoms with Gasteiger partial charge in [-0.25, -0.2) is 9.18 Å². The molecule has 0 bridgehead atoms. The second-order valence-electron chi connectivity index (χ2n) is 9.89. The van der Waals surface area contributed by atoms with Gasteiger partial charge in [-0.05, 0) is 83.9 Å². The van der Waals surface area contributed by atoms with Crippen LogP contribution in [0.25, 0.3) is 0 Å². The van der Waals surface area contributed by atoms with E-state index < -0.39 is 11.7 Å². The van der Waals surface area contributed by atoms with Crippen molar-refractivity contribution in [2.75, 3.05) is 19.8 Å². The topological polar surface area (TPSA) is 85.9 Å². The van der Waals surface area contributed by atoms with Crippen molar-refractivity contribution >= 4 is 12.4 Å². The van der Waals surface area contributed by atoms with Gasteiger partial charge >= 0.3 is 6.09 Å². The van der Waals surface area contributed by atoms with Crippen molar-refractivity contribution in [3.05, 3.63) is 29.6 Å². The van der Waals surface area contributed by atoms with Crippen LogP contribution in [0.2, 0.25) is 0 Å². The fourth-order valence-electron chi connectivity index (χ4n) is 4.68. The molecule has 1 saturated carbocycles. The summed E-state index contributed by atoms with van der Waals surface area (Å²) in [6.45, 7) is 6.86. The van der Waals surface area contributed by atoms with Crippen molar-refractivity contribution < 1.29 is 28.2 Å². The second-order valence-corrected chi connectivity index (χ2v) is 9.89. The summed E-state index contributed by atoms with van der Waals surface area (Å²) in [5.41, 5.74) is 0.0288. The van der Waals surface area contributed by atoms with Gasteiger partial charge in [-0.15, -0.1) is 0 Å². The molecular weight excluding hydrogens is 427 g/mol. The number of ether oxygens (including phenoxy) is 3. The van der Waals surface area contributed by atoms with Crippen LogP contribution in [0.1, 0.15) is 70.8 Å². The van der Waals surface area contributed by atoms with Gasteiger partial charge < -0.3 is 24.8 Å². The molecule has 2 unspecified atom stereocenters. The minimum absolute atomic E-state index is 0.0268. The predicted molar refractivity (Wildman–Crippen MR) is 123 cm³/mol. The number of carbonyl (C=O) groups excluding carboxylic acids is 2. The molecule has 2 aliphatic rings. The summed E-state index contributed by atoms with van der Waals surface area (Å²) in [5.74, 6) is 0.209. The number of carbonyl (C=O) groups is 2. The van der Waals surface area contributed by atoms with Crippen molar-refractivity contribution in [2.24, 2.45) is 0 Å². The Morgan fingerprint density at radius 2 is 1.97 bits per heavy atom. The van der Waals surface area contributed by atoms with Gasteiger partial charge in [0.05, 0.1) is 18.8 Å². The van der Waals surface area contributed by atoms with E-state index in [4.69, 9.17) is 14.2 Å². The smallest absolute Gasteiger partial charge is 0.407 e. The maximum atomic E-state index is 14.5. The Kier molecular flexibility index (Phi) is 9.09. The third kappa shape index (κ3) is 7.67. The first kappa shape index (κ1) is 25.4. The number of amides is 1. The Bertz CT molecular complexity index is 789. The van der Waals surface area contributed by atoms with Crippen LogP contribution in [0.15, 0.2) is 18.2 Å². The van der Waals surface area contributed by atoms with E-state index in [1.807, 2.05) is 20.8 Å². The molecule has 1 aliphatic heterocycles. The third-order valence-electron chi connectivity index (χ3n) is 6.20. The molecule has 184 valence electrons. The molecule has 33 heavy (non-hydrogen) atoms. The molecule has 1 aromatic rings. The van der Waals surface area contributed by atoms with E-state index in [9.17, 15) is 14.0 Å². The lowest BCUT2D eigenvalue weighted by molar-refractivity contribution is -0.109. The van der Waals surface area contributed by atoms with Crippen molar-refractivity contribution in [3.63, 3.8) is 0 Å². The van der Waals surface area contributed by atoms with E-state index in [1.54, 1.807) is 12.1 Å². The maximum absolute atomic E-state index is 14.5. The zero-order valence-electron chi connectivity index (χ0n) is 19.9. The standard InChI is InChI=1S/C25H37FN2O5/c1-25(2,3)33-24(30)28-20-7-5-13-27-21(20)16-32-18-11-9-17(10-12-18)23-19(26)6-4-8-22(23)31-15-14-29/h4,6,8,14,17-18,20-21,27H,5,7,9-13,15-16H2,1-3H3,(H,28,30). The maximum Gasteiger partial charge on any atom is 0.407 e. The van der Waals surface area contributed by atoms with Gasteiger partial charge in [0, 0.05) is 11.6 Å². The van der Waals surface area contributed by atoms with E-state index >= 15 is 0 Å². The van der Waals surface area contributed by atoms with Gasteiger partial charge in [-0.2, -0.15) is 0 Å². The first-order valence-electron chi connectivity index (χ1n) is 12.0. The molecule has 8 heteroatoms. The average Bonchev–Trinajstić information content (AvgIpc) is 2.76. The van der Waals surface area contributed by atoms with Crippen LogP contribution in [0.4, 0.5) is 9.18 Å². The number of hydrogen-bond donors (Lipinski definition) is 2. The van der Waals surface area contributed by atoms with Gasteiger partial charge in [-0.1, -0.05) is 6.07 Å². The Labute approximate surface area is 195 Å². The Hall–Kier alpha value is -2.19. The largest absolute Gasteiger partial charge is 0.486 e. The van der Waals surface area contributed by atoms with Crippen LogP contribution < -0.4 is 15.4 Å². The highest BCUT2D eigenvalue weighted by Crippen LogP contribution is 2.39. The highest BCUT2D eigenvalue weighted by atomic mass is 19.1. The zero-order chi connectivity index (χ0) is 23.8. The first-order chi connectivity index (χ1) is 15.8. The quantitative estimate of drug-likeness (QED) is 0.564. The lowest BCUT2D eigenvalue weighted by Crippen LogP contribution is -2.56. The number of benzene rings is 1. The van der Waals surface area contributed by atoms with Crippen molar-refractivity contribution in [1.82, 2.24) is 10.6 Å². The van der Waals surface area contributed by atoms with Crippen molar-refractivity contribution in [2.45, 2.75) is 89.0 Å². The minimum atomic E-state index is -0.535. The van der Waals surface area contributed by atoms with Crippen molar-refractivity contribution in [1.29, 1.82) is 0 Å². The number of rotatable bonds is 8. The van der Waals surface area contributed by atoms with Gasteiger partial charge in [0.1, 0.15) is 23.8 Å². The second kappa shape index (κ2) is 11.8. The fourth-order valence-corrected chi connectivity index (χ4v) is 4.68. The summed E-state index contributed by atoms with van der Waals surface area (Å²) in [7, 11) is 0. The zero-order valence-corrected chi connectivity index (χ0v) is 19.9. The van der Waals surface area contributed by atoms with Crippen molar-refractivity contribution in [3.8, 4) is 5.75 Å². The molecule has 2 fully saturated rings. The molecule has 2 N–H and O–H groups in total. The number of piperidine rings is 1. The number of halogens is 1. The molecule has 0 aromatic heterocycles. The first-order valence-corrected chi connectivity index (χ1v) is 12.0. The molecule has 7 nitrogen and oxygen atoms in total.